The normalized spacial score (nSPS) is 10.2. The van der Waals surface area contributed by atoms with E-state index < -0.39 is 0 Å². The molecule has 0 saturated carbocycles. The molecule has 0 radical (unpaired) electrons. The van der Waals surface area contributed by atoms with Crippen LogP contribution in [0.4, 0.5) is 4.39 Å². The van der Waals surface area contributed by atoms with Crippen LogP contribution in [0.1, 0.15) is 10.4 Å². The molecule has 0 aliphatic rings. The van der Waals surface area contributed by atoms with Gasteiger partial charge in [0.1, 0.15) is 23.3 Å². The second-order valence-corrected chi connectivity index (χ2v) is 4.79. The lowest BCUT2D eigenvalue weighted by molar-refractivity contribution is 0.0773. The number of hydrogen-bond acceptors (Lipinski definition) is 3. The number of amides is 1. The highest BCUT2D eigenvalue weighted by Gasteiger charge is 2.11. The molecule has 21 heavy (non-hydrogen) atoms. The smallest absolute Gasteiger partial charge is 0.255 e. The Hall–Kier alpha value is -2.14. The van der Waals surface area contributed by atoms with Crippen LogP contribution in [0.2, 0.25) is 5.15 Å². The molecular weight excluding hydrogens is 295 g/mol. The van der Waals surface area contributed by atoms with Crippen LogP contribution in [0.25, 0.3) is 0 Å². The number of rotatable bonds is 5. The number of hydrogen-bond donors (Lipinski definition) is 0. The molecule has 2 rings (SSSR count). The Labute approximate surface area is 127 Å². The lowest BCUT2D eigenvalue weighted by Gasteiger charge is -2.17. The molecule has 0 saturated heterocycles. The van der Waals surface area contributed by atoms with Gasteiger partial charge in [-0.2, -0.15) is 0 Å². The van der Waals surface area contributed by atoms with Crippen molar-refractivity contribution in [2.75, 3.05) is 20.2 Å². The van der Waals surface area contributed by atoms with E-state index in [-0.39, 0.29) is 11.7 Å². The molecule has 0 spiro atoms. The predicted molar refractivity (Wildman–Crippen MR) is 78.1 cm³/mol. The van der Waals surface area contributed by atoms with Gasteiger partial charge in [0.15, 0.2) is 0 Å². The van der Waals surface area contributed by atoms with E-state index in [1.807, 2.05) is 0 Å². The Morgan fingerprint density at radius 3 is 2.62 bits per heavy atom. The third kappa shape index (κ3) is 4.43. The highest BCUT2D eigenvalue weighted by Crippen LogP contribution is 2.11. The van der Waals surface area contributed by atoms with E-state index in [4.69, 9.17) is 16.3 Å². The van der Waals surface area contributed by atoms with Gasteiger partial charge in [0.25, 0.3) is 5.91 Å². The van der Waals surface area contributed by atoms with Crippen molar-refractivity contribution >= 4 is 17.5 Å². The summed E-state index contributed by atoms with van der Waals surface area (Å²) < 4.78 is 18.2. The van der Waals surface area contributed by atoms with E-state index in [9.17, 15) is 9.18 Å². The minimum absolute atomic E-state index is 0.165. The first-order valence-electron chi connectivity index (χ1n) is 6.31. The molecule has 0 unspecified atom stereocenters. The maximum Gasteiger partial charge on any atom is 0.255 e. The molecule has 2 aromatic rings. The van der Waals surface area contributed by atoms with Gasteiger partial charge in [0, 0.05) is 13.2 Å². The number of nitrogens with zero attached hydrogens (tertiary/aromatic N) is 2. The molecule has 1 aromatic carbocycles. The first-order valence-corrected chi connectivity index (χ1v) is 6.69. The zero-order chi connectivity index (χ0) is 15.2. The Kier molecular flexibility index (Phi) is 5.11. The summed E-state index contributed by atoms with van der Waals surface area (Å²) in [7, 11) is 1.67. The topological polar surface area (TPSA) is 42.4 Å². The summed E-state index contributed by atoms with van der Waals surface area (Å²) in [6.07, 6.45) is 1.43. The predicted octanol–water partition coefficient (Wildman–Crippen LogP) is 3.03. The van der Waals surface area contributed by atoms with Crippen LogP contribution in [-0.4, -0.2) is 36.0 Å². The maximum atomic E-state index is 12.7. The fourth-order valence-electron chi connectivity index (χ4n) is 1.66. The number of pyridine rings is 1. The molecule has 0 N–H and O–H groups in total. The molecule has 0 atom stereocenters. The van der Waals surface area contributed by atoms with Gasteiger partial charge in [-0.1, -0.05) is 11.6 Å². The van der Waals surface area contributed by atoms with Gasteiger partial charge in [-0.3, -0.25) is 4.79 Å². The summed E-state index contributed by atoms with van der Waals surface area (Å²) >= 11 is 5.68. The van der Waals surface area contributed by atoms with E-state index in [1.54, 1.807) is 31.3 Å². The molecule has 0 aliphatic heterocycles. The quantitative estimate of drug-likeness (QED) is 0.797. The lowest BCUT2D eigenvalue weighted by atomic mass is 10.2. The highest BCUT2D eigenvalue weighted by atomic mass is 35.5. The number of aromatic nitrogens is 1. The van der Waals surface area contributed by atoms with Gasteiger partial charge in [-0.25, -0.2) is 9.37 Å². The van der Waals surface area contributed by atoms with Crippen molar-refractivity contribution in [3.8, 4) is 5.75 Å². The van der Waals surface area contributed by atoms with E-state index in [1.165, 1.54) is 23.2 Å². The van der Waals surface area contributed by atoms with E-state index >= 15 is 0 Å². The minimum Gasteiger partial charge on any atom is -0.492 e. The van der Waals surface area contributed by atoms with Crippen LogP contribution in [0.15, 0.2) is 42.6 Å². The van der Waals surface area contributed by atoms with Crippen LogP contribution >= 0.6 is 11.6 Å². The van der Waals surface area contributed by atoms with Gasteiger partial charge in [-0.15, -0.1) is 0 Å². The molecule has 1 heterocycles. The van der Waals surface area contributed by atoms with Gasteiger partial charge >= 0.3 is 0 Å². The molecule has 110 valence electrons. The first-order chi connectivity index (χ1) is 10.1. The largest absolute Gasteiger partial charge is 0.492 e. The molecular formula is C15H14ClFN2O2. The second-order valence-electron chi connectivity index (χ2n) is 4.40. The summed E-state index contributed by atoms with van der Waals surface area (Å²) in [5.41, 5.74) is 0.462. The standard InChI is InChI=1S/C15H14ClFN2O2/c1-19(15(20)11-2-7-14(16)18-10-11)8-9-21-13-5-3-12(17)4-6-13/h2-7,10H,8-9H2,1H3. The summed E-state index contributed by atoms with van der Waals surface area (Å²) in [6, 6.07) is 8.92. The highest BCUT2D eigenvalue weighted by molar-refractivity contribution is 6.29. The molecule has 1 amide bonds. The third-order valence-corrected chi connectivity index (χ3v) is 3.05. The monoisotopic (exact) mass is 308 g/mol. The Morgan fingerprint density at radius 2 is 2.00 bits per heavy atom. The molecule has 0 fully saturated rings. The summed E-state index contributed by atoms with van der Waals surface area (Å²) in [5, 5.41) is 0.342. The fourth-order valence-corrected chi connectivity index (χ4v) is 1.77. The van der Waals surface area contributed by atoms with Crippen molar-refractivity contribution < 1.29 is 13.9 Å². The first kappa shape index (κ1) is 15.3. The fraction of sp³-hybridized carbons (Fsp3) is 0.200. The number of carbonyl (C=O) groups excluding carboxylic acids is 1. The molecule has 0 aliphatic carbocycles. The van der Waals surface area contributed by atoms with Crippen molar-refractivity contribution in [1.29, 1.82) is 0 Å². The Balaban J connectivity index is 1.83. The van der Waals surface area contributed by atoms with Gasteiger partial charge in [0.05, 0.1) is 12.1 Å². The minimum atomic E-state index is -0.315. The van der Waals surface area contributed by atoms with Crippen molar-refractivity contribution in [1.82, 2.24) is 9.88 Å². The van der Waals surface area contributed by atoms with E-state index in [0.29, 0.717) is 29.6 Å². The summed E-state index contributed by atoms with van der Waals surface area (Å²) in [5.74, 6) is 0.0807. The number of carbonyl (C=O) groups is 1. The van der Waals surface area contributed by atoms with Crippen LogP contribution in [0.3, 0.4) is 0 Å². The maximum absolute atomic E-state index is 12.7. The number of likely N-dealkylation sites (N-methyl/N-ethyl adjacent to an activating group) is 1. The average molecular weight is 309 g/mol. The average Bonchev–Trinajstić information content (AvgIpc) is 2.49. The SMILES string of the molecule is CN(CCOc1ccc(F)cc1)C(=O)c1ccc(Cl)nc1. The summed E-state index contributed by atoms with van der Waals surface area (Å²) in [4.78, 5) is 17.5. The van der Waals surface area contributed by atoms with Crippen LogP contribution < -0.4 is 4.74 Å². The van der Waals surface area contributed by atoms with Crippen LogP contribution in [0.5, 0.6) is 5.75 Å². The van der Waals surface area contributed by atoms with Crippen molar-refractivity contribution in [2.45, 2.75) is 0 Å². The van der Waals surface area contributed by atoms with Crippen molar-refractivity contribution in [3.05, 3.63) is 59.1 Å². The zero-order valence-electron chi connectivity index (χ0n) is 11.4. The Bertz CT molecular complexity index is 602. The summed E-state index contributed by atoms with van der Waals surface area (Å²) in [6.45, 7) is 0.716. The molecule has 6 heteroatoms. The van der Waals surface area contributed by atoms with E-state index in [2.05, 4.69) is 4.98 Å². The van der Waals surface area contributed by atoms with Crippen molar-refractivity contribution in [3.63, 3.8) is 0 Å². The van der Waals surface area contributed by atoms with Gasteiger partial charge in [-0.05, 0) is 36.4 Å². The van der Waals surface area contributed by atoms with Crippen LogP contribution in [-0.2, 0) is 0 Å². The van der Waals surface area contributed by atoms with E-state index in [0.717, 1.165) is 0 Å². The Morgan fingerprint density at radius 1 is 1.29 bits per heavy atom. The zero-order valence-corrected chi connectivity index (χ0v) is 12.2. The second kappa shape index (κ2) is 7.04. The third-order valence-electron chi connectivity index (χ3n) is 2.83. The van der Waals surface area contributed by atoms with Crippen molar-refractivity contribution in [2.24, 2.45) is 0 Å². The van der Waals surface area contributed by atoms with Gasteiger partial charge in [0.2, 0.25) is 0 Å². The number of halogens is 2. The number of ether oxygens (including phenoxy) is 1. The number of benzene rings is 1. The molecule has 4 nitrogen and oxygen atoms in total. The molecule has 0 bridgehead atoms. The molecule has 1 aromatic heterocycles. The van der Waals surface area contributed by atoms with Crippen LogP contribution in [0, 0.1) is 5.82 Å². The van der Waals surface area contributed by atoms with Gasteiger partial charge < -0.3 is 9.64 Å². The lowest BCUT2D eigenvalue weighted by Crippen LogP contribution is -2.30.